The Morgan fingerprint density at radius 3 is 2.36 bits per heavy atom. The number of benzene rings is 2. The van der Waals surface area contributed by atoms with Crippen molar-refractivity contribution in [2.75, 3.05) is 4.72 Å². The normalized spacial score (nSPS) is 11.2. The molecule has 0 heterocycles. The summed E-state index contributed by atoms with van der Waals surface area (Å²) in [7, 11) is -3.96. The zero-order valence-corrected chi connectivity index (χ0v) is 12.7. The topological polar surface area (TPSA) is 83.5 Å². The molecule has 0 saturated heterocycles. The molecule has 2 aromatic carbocycles. The van der Waals surface area contributed by atoms with Crippen molar-refractivity contribution in [3.05, 3.63) is 58.9 Å². The Labute approximate surface area is 127 Å². The fourth-order valence-electron chi connectivity index (χ4n) is 1.87. The van der Waals surface area contributed by atoms with Crippen LogP contribution in [0.3, 0.4) is 0 Å². The first-order chi connectivity index (χ1) is 10.2. The number of aryl methyl sites for hydroxylation is 2. The molecule has 116 valence electrons. The van der Waals surface area contributed by atoms with E-state index in [-0.39, 0.29) is 10.6 Å². The van der Waals surface area contributed by atoms with Crippen LogP contribution in [0.4, 0.5) is 10.1 Å². The second-order valence-electron chi connectivity index (χ2n) is 4.85. The van der Waals surface area contributed by atoms with Gasteiger partial charge < -0.3 is 5.11 Å². The minimum atomic E-state index is -3.96. The van der Waals surface area contributed by atoms with E-state index < -0.39 is 27.4 Å². The van der Waals surface area contributed by atoms with Gasteiger partial charge in [-0.15, -0.1) is 0 Å². The molecule has 0 amide bonds. The van der Waals surface area contributed by atoms with Gasteiger partial charge in [-0.05, 0) is 55.3 Å². The molecule has 7 heteroatoms. The van der Waals surface area contributed by atoms with Gasteiger partial charge in [0.05, 0.1) is 16.1 Å². The lowest BCUT2D eigenvalue weighted by Gasteiger charge is -2.11. The molecule has 22 heavy (non-hydrogen) atoms. The summed E-state index contributed by atoms with van der Waals surface area (Å²) in [6.45, 7) is 3.62. The molecule has 0 aliphatic rings. The van der Waals surface area contributed by atoms with Gasteiger partial charge in [0.2, 0.25) is 0 Å². The lowest BCUT2D eigenvalue weighted by Crippen LogP contribution is -2.16. The van der Waals surface area contributed by atoms with Gasteiger partial charge in [0.25, 0.3) is 10.0 Å². The number of sulfonamides is 1. The van der Waals surface area contributed by atoms with Gasteiger partial charge >= 0.3 is 5.97 Å². The van der Waals surface area contributed by atoms with Gasteiger partial charge in [-0.1, -0.05) is 6.07 Å². The standard InChI is InChI=1S/C15H14FNO4S/c1-9-3-5-12(7-10(9)2)22(20,21)17-14-6-4-11(16)8-13(14)15(18)19/h3-8,17H,1-2H3,(H,18,19). The lowest BCUT2D eigenvalue weighted by atomic mass is 10.1. The summed E-state index contributed by atoms with van der Waals surface area (Å²) in [5.41, 5.74) is 1.09. The summed E-state index contributed by atoms with van der Waals surface area (Å²) in [4.78, 5) is 11.1. The van der Waals surface area contributed by atoms with Crippen LogP contribution in [-0.2, 0) is 10.0 Å². The third-order valence-corrected chi connectivity index (χ3v) is 4.61. The van der Waals surface area contributed by atoms with Gasteiger partial charge in [-0.25, -0.2) is 17.6 Å². The molecule has 0 saturated carbocycles. The van der Waals surface area contributed by atoms with Gasteiger partial charge in [-0.3, -0.25) is 4.72 Å². The summed E-state index contributed by atoms with van der Waals surface area (Å²) in [5.74, 6) is -2.18. The van der Waals surface area contributed by atoms with Gasteiger partial charge in [0.15, 0.2) is 0 Å². The summed E-state index contributed by atoms with van der Waals surface area (Å²) in [6.07, 6.45) is 0. The molecule has 0 bridgehead atoms. The summed E-state index contributed by atoms with van der Waals surface area (Å²) < 4.78 is 40.0. The second kappa shape index (κ2) is 5.76. The minimum absolute atomic E-state index is 0.0104. The molecule has 2 rings (SSSR count). The van der Waals surface area contributed by atoms with Gasteiger partial charge in [0, 0.05) is 0 Å². The maximum Gasteiger partial charge on any atom is 0.337 e. The Kier molecular flexibility index (Phi) is 4.18. The third kappa shape index (κ3) is 3.25. The van der Waals surface area contributed by atoms with E-state index in [2.05, 4.69) is 4.72 Å². The Bertz CT molecular complexity index is 847. The van der Waals surface area contributed by atoms with Crippen molar-refractivity contribution in [1.82, 2.24) is 0 Å². The number of hydrogen-bond donors (Lipinski definition) is 2. The maximum atomic E-state index is 13.1. The average molecular weight is 323 g/mol. The van der Waals surface area contributed by atoms with Crippen LogP contribution in [0.5, 0.6) is 0 Å². The summed E-state index contributed by atoms with van der Waals surface area (Å²) >= 11 is 0. The van der Waals surface area contributed by atoms with Crippen LogP contribution in [0, 0.1) is 19.7 Å². The highest BCUT2D eigenvalue weighted by Gasteiger charge is 2.19. The minimum Gasteiger partial charge on any atom is -0.478 e. The lowest BCUT2D eigenvalue weighted by molar-refractivity contribution is 0.0697. The number of halogens is 1. The van der Waals surface area contributed by atoms with E-state index in [9.17, 15) is 17.6 Å². The number of anilines is 1. The van der Waals surface area contributed by atoms with Crippen molar-refractivity contribution >= 4 is 21.7 Å². The van der Waals surface area contributed by atoms with E-state index >= 15 is 0 Å². The van der Waals surface area contributed by atoms with Crippen LogP contribution < -0.4 is 4.72 Å². The third-order valence-electron chi connectivity index (χ3n) is 3.25. The Balaban J connectivity index is 2.45. The van der Waals surface area contributed by atoms with Crippen LogP contribution in [-0.4, -0.2) is 19.5 Å². The monoisotopic (exact) mass is 323 g/mol. The molecule has 5 nitrogen and oxygen atoms in total. The number of hydrogen-bond acceptors (Lipinski definition) is 3. The molecule has 2 aromatic rings. The van der Waals surface area contributed by atoms with E-state index in [1.165, 1.54) is 12.1 Å². The van der Waals surface area contributed by atoms with Crippen molar-refractivity contribution in [2.45, 2.75) is 18.7 Å². The van der Waals surface area contributed by atoms with Crippen LogP contribution in [0.25, 0.3) is 0 Å². The van der Waals surface area contributed by atoms with Gasteiger partial charge in [-0.2, -0.15) is 0 Å². The summed E-state index contributed by atoms with van der Waals surface area (Å²) in [6, 6.07) is 7.41. The van der Waals surface area contributed by atoms with Crippen molar-refractivity contribution in [1.29, 1.82) is 0 Å². The molecule has 0 spiro atoms. The Hall–Kier alpha value is -2.41. The number of rotatable bonds is 4. The highest BCUT2D eigenvalue weighted by Crippen LogP contribution is 2.22. The fourth-order valence-corrected chi connectivity index (χ4v) is 3.03. The predicted molar refractivity (Wildman–Crippen MR) is 80.1 cm³/mol. The van der Waals surface area contributed by atoms with Crippen LogP contribution in [0.1, 0.15) is 21.5 Å². The van der Waals surface area contributed by atoms with Gasteiger partial charge in [0.1, 0.15) is 5.82 Å². The Morgan fingerprint density at radius 2 is 1.77 bits per heavy atom. The molecule has 0 unspecified atom stereocenters. The Morgan fingerprint density at radius 1 is 1.09 bits per heavy atom. The maximum absolute atomic E-state index is 13.1. The highest BCUT2D eigenvalue weighted by molar-refractivity contribution is 7.92. The van der Waals surface area contributed by atoms with Crippen LogP contribution in [0.15, 0.2) is 41.3 Å². The smallest absolute Gasteiger partial charge is 0.337 e. The summed E-state index contributed by atoms with van der Waals surface area (Å²) in [5, 5.41) is 9.04. The average Bonchev–Trinajstić information content (AvgIpc) is 2.43. The number of carboxylic acid groups (broad SMARTS) is 1. The number of carboxylic acids is 1. The highest BCUT2D eigenvalue weighted by atomic mass is 32.2. The molecule has 0 aliphatic heterocycles. The molecule has 0 aliphatic carbocycles. The van der Waals surface area contributed by atoms with Crippen molar-refractivity contribution in [3.8, 4) is 0 Å². The molecule has 0 fully saturated rings. The van der Waals surface area contributed by atoms with Crippen molar-refractivity contribution < 1.29 is 22.7 Å². The first-order valence-corrected chi connectivity index (χ1v) is 7.82. The molecule has 0 radical (unpaired) electrons. The predicted octanol–water partition coefficient (Wildman–Crippen LogP) is 2.94. The first kappa shape index (κ1) is 16.0. The number of nitrogens with one attached hydrogen (secondary N) is 1. The first-order valence-electron chi connectivity index (χ1n) is 6.33. The second-order valence-corrected chi connectivity index (χ2v) is 6.53. The quantitative estimate of drug-likeness (QED) is 0.906. The van der Waals surface area contributed by atoms with Crippen LogP contribution >= 0.6 is 0 Å². The fraction of sp³-hybridized carbons (Fsp3) is 0.133. The van der Waals surface area contributed by atoms with E-state index in [1.54, 1.807) is 13.0 Å². The van der Waals surface area contributed by atoms with Crippen molar-refractivity contribution in [2.24, 2.45) is 0 Å². The van der Waals surface area contributed by atoms with E-state index in [0.717, 1.165) is 29.3 Å². The molecule has 0 atom stereocenters. The molecule has 0 aromatic heterocycles. The van der Waals surface area contributed by atoms with E-state index in [0.29, 0.717) is 0 Å². The molecule has 2 N–H and O–H groups in total. The van der Waals surface area contributed by atoms with E-state index in [4.69, 9.17) is 5.11 Å². The number of carbonyl (C=O) groups is 1. The largest absolute Gasteiger partial charge is 0.478 e. The zero-order chi connectivity index (χ0) is 16.5. The number of aromatic carboxylic acids is 1. The van der Waals surface area contributed by atoms with Crippen LogP contribution in [0.2, 0.25) is 0 Å². The van der Waals surface area contributed by atoms with Crippen molar-refractivity contribution in [3.63, 3.8) is 0 Å². The zero-order valence-electron chi connectivity index (χ0n) is 11.9. The SMILES string of the molecule is Cc1ccc(S(=O)(=O)Nc2ccc(F)cc2C(=O)O)cc1C. The molecular formula is C15H14FNO4S. The molecular weight excluding hydrogens is 309 g/mol. The van der Waals surface area contributed by atoms with E-state index in [1.807, 2.05) is 6.92 Å².